The van der Waals surface area contributed by atoms with Crippen LogP contribution in [0.25, 0.3) is 22.6 Å². The van der Waals surface area contributed by atoms with Crippen molar-refractivity contribution >= 4 is 34.3 Å². The molecule has 0 saturated carbocycles. The average Bonchev–Trinajstić information content (AvgIpc) is 3.14. The Hall–Kier alpha value is -3.13. The molecular weight excluding hydrogens is 382 g/mol. The lowest BCUT2D eigenvalue weighted by atomic mass is 10.3. The number of carbonyl (C=O) groups is 1. The normalized spacial score (nSPS) is 11.6. The first-order valence-electron chi connectivity index (χ1n) is 8.67. The quantitative estimate of drug-likeness (QED) is 0.527. The van der Waals surface area contributed by atoms with E-state index in [0.29, 0.717) is 10.8 Å². The maximum atomic E-state index is 13.1. The Labute approximate surface area is 164 Å². The van der Waals surface area contributed by atoms with E-state index in [9.17, 15) is 14.4 Å². The second-order valence-electron chi connectivity index (χ2n) is 6.84. The molecule has 0 fully saturated rings. The second kappa shape index (κ2) is 6.20. The van der Waals surface area contributed by atoms with Crippen molar-refractivity contribution in [2.75, 3.05) is 0 Å². The van der Waals surface area contributed by atoms with Gasteiger partial charge < -0.3 is 0 Å². The fraction of sp³-hybridized carbons (Fsp3) is 0.263. The van der Waals surface area contributed by atoms with Crippen molar-refractivity contribution < 1.29 is 4.79 Å². The minimum absolute atomic E-state index is 0.270. The zero-order valence-corrected chi connectivity index (χ0v) is 16.6. The van der Waals surface area contributed by atoms with Gasteiger partial charge in [0.15, 0.2) is 11.2 Å². The molecule has 1 aromatic carbocycles. The molecule has 3 aromatic heterocycles. The fourth-order valence-electron chi connectivity index (χ4n) is 3.51. The number of hydrogen-bond donors (Lipinski definition) is 0. The third kappa shape index (κ3) is 2.45. The summed E-state index contributed by atoms with van der Waals surface area (Å²) >= 11 is 6.00. The Morgan fingerprint density at radius 1 is 1.11 bits per heavy atom. The maximum absolute atomic E-state index is 13.1. The molecule has 0 atom stereocenters. The Bertz CT molecular complexity index is 1390. The number of ketones is 1. The van der Waals surface area contributed by atoms with E-state index in [1.165, 1.54) is 11.5 Å². The zero-order valence-electron chi connectivity index (χ0n) is 15.9. The number of aromatic nitrogens is 5. The summed E-state index contributed by atoms with van der Waals surface area (Å²) in [7, 11) is 1.54. The lowest BCUT2D eigenvalue weighted by Gasteiger charge is -2.07. The van der Waals surface area contributed by atoms with E-state index in [0.717, 1.165) is 21.6 Å². The predicted octanol–water partition coefficient (Wildman–Crippen LogP) is 2.00. The Kier molecular flexibility index (Phi) is 4.04. The summed E-state index contributed by atoms with van der Waals surface area (Å²) in [6.45, 7) is 4.88. The fourth-order valence-corrected chi connectivity index (χ4v) is 3.64. The van der Waals surface area contributed by atoms with Gasteiger partial charge in [-0.05, 0) is 45.0 Å². The summed E-state index contributed by atoms with van der Waals surface area (Å²) in [5.74, 6) is 0.242. The number of carbonyl (C=O) groups excluding carboxylic acids is 1. The van der Waals surface area contributed by atoms with E-state index in [1.54, 1.807) is 23.6 Å². The Morgan fingerprint density at radius 2 is 1.75 bits per heavy atom. The molecule has 0 amide bonds. The van der Waals surface area contributed by atoms with Crippen molar-refractivity contribution in [2.24, 2.45) is 7.05 Å². The summed E-state index contributed by atoms with van der Waals surface area (Å²) < 4.78 is 5.89. The second-order valence-corrected chi connectivity index (χ2v) is 7.27. The number of nitrogens with zero attached hydrogens (tertiary/aromatic N) is 5. The molecule has 0 unspecified atom stereocenters. The van der Waals surface area contributed by atoms with E-state index in [4.69, 9.17) is 11.6 Å². The van der Waals surface area contributed by atoms with E-state index in [1.807, 2.05) is 30.5 Å². The highest BCUT2D eigenvalue weighted by molar-refractivity contribution is 6.30. The maximum Gasteiger partial charge on any atom is 0.332 e. The molecule has 28 heavy (non-hydrogen) atoms. The van der Waals surface area contributed by atoms with Crippen molar-refractivity contribution in [3.63, 3.8) is 0 Å². The van der Waals surface area contributed by atoms with Gasteiger partial charge in [-0.15, -0.1) is 0 Å². The summed E-state index contributed by atoms with van der Waals surface area (Å²) in [4.78, 5) is 41.8. The molecule has 3 heterocycles. The van der Waals surface area contributed by atoms with Gasteiger partial charge in [-0.25, -0.2) is 4.79 Å². The molecule has 4 aromatic rings. The van der Waals surface area contributed by atoms with Gasteiger partial charge in [-0.2, -0.15) is 4.98 Å². The molecule has 0 saturated heterocycles. The van der Waals surface area contributed by atoms with Crippen molar-refractivity contribution in [2.45, 2.75) is 27.3 Å². The molecule has 0 aliphatic heterocycles. The minimum atomic E-state index is -0.569. The average molecular weight is 400 g/mol. The summed E-state index contributed by atoms with van der Waals surface area (Å²) in [6.07, 6.45) is 0. The van der Waals surface area contributed by atoms with E-state index in [-0.39, 0.29) is 23.5 Å². The van der Waals surface area contributed by atoms with Crippen LogP contribution in [-0.2, 0) is 18.4 Å². The molecule has 0 spiro atoms. The van der Waals surface area contributed by atoms with Crippen molar-refractivity contribution in [3.05, 3.63) is 61.5 Å². The van der Waals surface area contributed by atoms with E-state index >= 15 is 0 Å². The van der Waals surface area contributed by atoms with Crippen LogP contribution in [0.15, 0.2) is 33.9 Å². The predicted molar refractivity (Wildman–Crippen MR) is 107 cm³/mol. The van der Waals surface area contributed by atoms with Crippen LogP contribution in [0.1, 0.15) is 18.3 Å². The molecule has 4 rings (SSSR count). The Morgan fingerprint density at radius 3 is 2.36 bits per heavy atom. The number of Topliss-reactive ketones (excluding diaryl/α,β-unsaturated/α-hetero) is 1. The topological polar surface area (TPSA) is 83.3 Å². The SMILES string of the molecule is CC(=O)Cn1c(=O)c2c(nc3n(-c4ccc(Cl)cc4)c(C)c(C)n23)n(C)c1=O. The molecule has 0 aliphatic carbocycles. The highest BCUT2D eigenvalue weighted by Gasteiger charge is 2.23. The van der Waals surface area contributed by atoms with Crippen LogP contribution in [0, 0.1) is 13.8 Å². The standard InChI is InChI=1S/C19H18ClN5O3/c1-10(26)9-23-17(27)15-16(22(4)19(23)28)21-18-24(11(2)12(3)25(15)18)14-7-5-13(20)6-8-14/h5-8H,9H2,1-4H3. The van der Waals surface area contributed by atoms with Crippen molar-refractivity contribution in [3.8, 4) is 5.69 Å². The first kappa shape index (κ1) is 18.2. The summed E-state index contributed by atoms with van der Waals surface area (Å²) in [6, 6.07) is 7.28. The number of halogens is 1. The third-order valence-corrected chi connectivity index (χ3v) is 5.24. The number of benzene rings is 1. The lowest BCUT2D eigenvalue weighted by Crippen LogP contribution is -2.40. The van der Waals surface area contributed by atoms with Crippen LogP contribution < -0.4 is 11.2 Å². The van der Waals surface area contributed by atoms with Crippen LogP contribution in [0.5, 0.6) is 0 Å². The van der Waals surface area contributed by atoms with Gasteiger partial charge in [-0.3, -0.25) is 27.7 Å². The highest BCUT2D eigenvalue weighted by atomic mass is 35.5. The number of hydrogen-bond acceptors (Lipinski definition) is 4. The molecule has 0 N–H and O–H groups in total. The van der Waals surface area contributed by atoms with Crippen LogP contribution in [0.4, 0.5) is 0 Å². The molecule has 144 valence electrons. The first-order chi connectivity index (χ1) is 13.2. The Balaban J connectivity index is 2.18. The summed E-state index contributed by atoms with van der Waals surface area (Å²) in [5.41, 5.74) is 2.00. The minimum Gasteiger partial charge on any atom is -0.298 e. The monoisotopic (exact) mass is 399 g/mol. The van der Waals surface area contributed by atoms with Gasteiger partial charge in [0.1, 0.15) is 5.78 Å². The van der Waals surface area contributed by atoms with Gasteiger partial charge in [0.25, 0.3) is 5.56 Å². The van der Waals surface area contributed by atoms with Crippen LogP contribution in [0.3, 0.4) is 0 Å². The molecule has 0 radical (unpaired) electrons. The molecule has 9 heteroatoms. The molecule has 8 nitrogen and oxygen atoms in total. The molecule has 0 aliphatic rings. The number of fused-ring (bicyclic) bond motifs is 3. The summed E-state index contributed by atoms with van der Waals surface area (Å²) in [5, 5.41) is 0.615. The highest BCUT2D eigenvalue weighted by Crippen LogP contribution is 2.25. The number of rotatable bonds is 3. The zero-order chi connectivity index (χ0) is 20.3. The van der Waals surface area contributed by atoms with Gasteiger partial charge in [0.05, 0.1) is 6.54 Å². The molecule has 0 bridgehead atoms. The van der Waals surface area contributed by atoms with Gasteiger partial charge in [-0.1, -0.05) is 11.6 Å². The molecular formula is C19H18ClN5O3. The van der Waals surface area contributed by atoms with Gasteiger partial charge in [0.2, 0.25) is 5.78 Å². The largest absolute Gasteiger partial charge is 0.332 e. The van der Waals surface area contributed by atoms with Gasteiger partial charge >= 0.3 is 5.69 Å². The van der Waals surface area contributed by atoms with E-state index in [2.05, 4.69) is 4.98 Å². The van der Waals surface area contributed by atoms with Crippen molar-refractivity contribution in [1.82, 2.24) is 23.1 Å². The van der Waals surface area contributed by atoms with E-state index < -0.39 is 11.2 Å². The van der Waals surface area contributed by atoms with Gasteiger partial charge in [0, 0.05) is 29.1 Å². The lowest BCUT2D eigenvalue weighted by molar-refractivity contribution is -0.117. The smallest absolute Gasteiger partial charge is 0.298 e. The van der Waals surface area contributed by atoms with Crippen LogP contribution in [0.2, 0.25) is 5.02 Å². The number of imidazole rings is 2. The number of aryl methyl sites for hydroxylation is 2. The van der Waals surface area contributed by atoms with Crippen LogP contribution >= 0.6 is 11.6 Å². The van der Waals surface area contributed by atoms with Crippen LogP contribution in [-0.4, -0.2) is 28.9 Å². The van der Waals surface area contributed by atoms with Crippen molar-refractivity contribution in [1.29, 1.82) is 0 Å². The first-order valence-corrected chi connectivity index (χ1v) is 9.05. The third-order valence-electron chi connectivity index (χ3n) is 4.98.